The van der Waals surface area contributed by atoms with E-state index in [-0.39, 0.29) is 24.1 Å². The van der Waals surface area contributed by atoms with E-state index in [9.17, 15) is 14.0 Å². The van der Waals surface area contributed by atoms with Crippen molar-refractivity contribution >= 4 is 11.8 Å². The number of halogens is 1. The Morgan fingerprint density at radius 1 is 1.04 bits per heavy atom. The molecule has 1 saturated heterocycles. The van der Waals surface area contributed by atoms with Crippen LogP contribution in [0.25, 0.3) is 0 Å². The van der Waals surface area contributed by atoms with Crippen LogP contribution in [0.2, 0.25) is 0 Å². The number of benzene rings is 2. The molecule has 1 aliphatic rings. The van der Waals surface area contributed by atoms with Gasteiger partial charge in [0.15, 0.2) is 0 Å². The first-order valence-electron chi connectivity index (χ1n) is 8.59. The number of hydrogen-bond donors (Lipinski definition) is 1. The molecule has 2 aromatic carbocycles. The topological polar surface area (TPSA) is 58.6 Å². The van der Waals surface area contributed by atoms with E-state index in [1.54, 1.807) is 17.0 Å². The van der Waals surface area contributed by atoms with Gasteiger partial charge in [-0.2, -0.15) is 0 Å². The standard InChI is InChI=1S/C20H21FN2O3/c21-17-8-6-15(7-9-17)14-18(24)22-19(16-4-2-1-3-5-16)20(25)23-10-12-26-13-11-23/h1-9,19H,10-14H2,(H,22,24)/t19-/m0/s1. The molecule has 0 radical (unpaired) electrons. The molecule has 3 rings (SSSR count). The lowest BCUT2D eigenvalue weighted by Gasteiger charge is -2.31. The molecule has 26 heavy (non-hydrogen) atoms. The van der Waals surface area contributed by atoms with Crippen molar-refractivity contribution < 1.29 is 18.7 Å². The molecule has 2 aromatic rings. The van der Waals surface area contributed by atoms with Gasteiger partial charge in [0, 0.05) is 13.1 Å². The fourth-order valence-corrected chi connectivity index (χ4v) is 2.90. The third-order valence-electron chi connectivity index (χ3n) is 4.29. The van der Waals surface area contributed by atoms with Crippen LogP contribution in [-0.4, -0.2) is 43.0 Å². The fraction of sp³-hybridized carbons (Fsp3) is 0.300. The summed E-state index contributed by atoms with van der Waals surface area (Å²) < 4.78 is 18.3. The normalized spacial score (nSPS) is 15.3. The number of amides is 2. The number of rotatable bonds is 5. The van der Waals surface area contributed by atoms with Gasteiger partial charge in [0.05, 0.1) is 19.6 Å². The summed E-state index contributed by atoms with van der Waals surface area (Å²) in [5.74, 6) is -0.780. The molecule has 0 saturated carbocycles. The fourth-order valence-electron chi connectivity index (χ4n) is 2.90. The second-order valence-corrected chi connectivity index (χ2v) is 6.15. The van der Waals surface area contributed by atoms with Gasteiger partial charge in [0.25, 0.3) is 0 Å². The van der Waals surface area contributed by atoms with E-state index in [4.69, 9.17) is 4.74 Å². The van der Waals surface area contributed by atoms with Gasteiger partial charge in [-0.25, -0.2) is 4.39 Å². The lowest BCUT2D eigenvalue weighted by Crippen LogP contribution is -2.47. The van der Waals surface area contributed by atoms with Gasteiger partial charge in [-0.15, -0.1) is 0 Å². The van der Waals surface area contributed by atoms with Gasteiger partial charge >= 0.3 is 0 Å². The highest BCUT2D eigenvalue weighted by Gasteiger charge is 2.28. The van der Waals surface area contributed by atoms with E-state index in [0.29, 0.717) is 31.9 Å². The van der Waals surface area contributed by atoms with E-state index >= 15 is 0 Å². The van der Waals surface area contributed by atoms with Crippen molar-refractivity contribution in [1.82, 2.24) is 10.2 Å². The minimum atomic E-state index is -0.748. The number of nitrogens with zero attached hydrogens (tertiary/aromatic N) is 1. The molecule has 1 fully saturated rings. The van der Waals surface area contributed by atoms with Crippen LogP contribution < -0.4 is 5.32 Å². The summed E-state index contributed by atoms with van der Waals surface area (Å²) in [6, 6.07) is 14.2. The van der Waals surface area contributed by atoms with Crippen molar-refractivity contribution in [2.24, 2.45) is 0 Å². The van der Waals surface area contributed by atoms with Crippen LogP contribution in [0.3, 0.4) is 0 Å². The number of carbonyl (C=O) groups excluding carboxylic acids is 2. The zero-order chi connectivity index (χ0) is 18.4. The maximum atomic E-state index is 13.0. The Balaban J connectivity index is 1.73. The quantitative estimate of drug-likeness (QED) is 0.892. The third kappa shape index (κ3) is 4.67. The van der Waals surface area contributed by atoms with E-state index < -0.39 is 6.04 Å². The predicted molar refractivity (Wildman–Crippen MR) is 94.8 cm³/mol. The van der Waals surface area contributed by atoms with E-state index in [2.05, 4.69) is 5.32 Å². The molecule has 136 valence electrons. The summed E-state index contributed by atoms with van der Waals surface area (Å²) in [6.45, 7) is 2.01. The molecule has 0 aliphatic carbocycles. The van der Waals surface area contributed by atoms with Gasteiger partial charge in [-0.05, 0) is 23.3 Å². The summed E-state index contributed by atoms with van der Waals surface area (Å²) in [5, 5.41) is 2.83. The predicted octanol–water partition coefficient (Wildman–Crippen LogP) is 2.08. The number of morpholine rings is 1. The minimum absolute atomic E-state index is 0.0833. The highest BCUT2D eigenvalue weighted by atomic mass is 19.1. The van der Waals surface area contributed by atoms with Crippen molar-refractivity contribution in [2.75, 3.05) is 26.3 Å². The van der Waals surface area contributed by atoms with E-state index in [1.807, 2.05) is 30.3 Å². The molecule has 1 heterocycles. The summed E-state index contributed by atoms with van der Waals surface area (Å²) in [7, 11) is 0. The highest BCUT2D eigenvalue weighted by molar-refractivity contribution is 5.89. The molecule has 2 amide bonds. The van der Waals surface area contributed by atoms with Crippen LogP contribution in [0.4, 0.5) is 4.39 Å². The van der Waals surface area contributed by atoms with Crippen molar-refractivity contribution in [3.63, 3.8) is 0 Å². The highest BCUT2D eigenvalue weighted by Crippen LogP contribution is 2.17. The van der Waals surface area contributed by atoms with Crippen LogP contribution in [0.15, 0.2) is 54.6 Å². The summed E-state index contributed by atoms with van der Waals surface area (Å²) in [5.41, 5.74) is 1.42. The summed E-state index contributed by atoms with van der Waals surface area (Å²) >= 11 is 0. The summed E-state index contributed by atoms with van der Waals surface area (Å²) in [4.78, 5) is 27.1. The third-order valence-corrected chi connectivity index (χ3v) is 4.29. The zero-order valence-corrected chi connectivity index (χ0v) is 14.4. The van der Waals surface area contributed by atoms with Crippen molar-refractivity contribution in [3.05, 3.63) is 71.5 Å². The minimum Gasteiger partial charge on any atom is -0.378 e. The van der Waals surface area contributed by atoms with Crippen molar-refractivity contribution in [2.45, 2.75) is 12.5 Å². The number of nitrogens with one attached hydrogen (secondary N) is 1. The maximum Gasteiger partial charge on any atom is 0.249 e. The Labute approximate surface area is 151 Å². The monoisotopic (exact) mass is 356 g/mol. The molecule has 0 unspecified atom stereocenters. The maximum absolute atomic E-state index is 13.0. The van der Waals surface area contributed by atoms with Gasteiger partial charge in [-0.3, -0.25) is 9.59 Å². The smallest absolute Gasteiger partial charge is 0.249 e. The van der Waals surface area contributed by atoms with E-state index in [0.717, 1.165) is 5.56 Å². The van der Waals surface area contributed by atoms with Crippen LogP contribution in [0, 0.1) is 5.82 Å². The van der Waals surface area contributed by atoms with Crippen LogP contribution in [-0.2, 0) is 20.7 Å². The Morgan fingerprint density at radius 2 is 1.69 bits per heavy atom. The average Bonchev–Trinajstić information content (AvgIpc) is 2.69. The Bertz CT molecular complexity index is 743. The lowest BCUT2D eigenvalue weighted by molar-refractivity contribution is -0.140. The first kappa shape index (κ1) is 18.1. The van der Waals surface area contributed by atoms with Crippen molar-refractivity contribution in [3.8, 4) is 0 Å². The Morgan fingerprint density at radius 3 is 2.35 bits per heavy atom. The molecule has 5 nitrogen and oxygen atoms in total. The van der Waals surface area contributed by atoms with Gasteiger partial charge < -0.3 is 15.0 Å². The molecule has 0 aromatic heterocycles. The summed E-state index contributed by atoms with van der Waals surface area (Å²) in [6.07, 6.45) is 0.0833. The Kier molecular flexibility index (Phi) is 5.96. The largest absolute Gasteiger partial charge is 0.378 e. The molecular formula is C20H21FN2O3. The molecule has 1 atom stereocenters. The number of hydrogen-bond acceptors (Lipinski definition) is 3. The number of ether oxygens (including phenoxy) is 1. The van der Waals surface area contributed by atoms with Crippen LogP contribution >= 0.6 is 0 Å². The van der Waals surface area contributed by atoms with Gasteiger partial charge in [0.1, 0.15) is 11.9 Å². The second kappa shape index (κ2) is 8.58. The SMILES string of the molecule is O=C(Cc1ccc(F)cc1)N[C@H](C(=O)N1CCOCC1)c1ccccc1. The molecular weight excluding hydrogens is 335 g/mol. The molecule has 0 spiro atoms. The first-order valence-corrected chi connectivity index (χ1v) is 8.59. The van der Waals surface area contributed by atoms with Crippen molar-refractivity contribution in [1.29, 1.82) is 0 Å². The van der Waals surface area contributed by atoms with E-state index in [1.165, 1.54) is 12.1 Å². The van der Waals surface area contributed by atoms with Crippen LogP contribution in [0.5, 0.6) is 0 Å². The molecule has 1 N–H and O–H groups in total. The van der Waals surface area contributed by atoms with Gasteiger partial charge in [-0.1, -0.05) is 42.5 Å². The lowest BCUT2D eigenvalue weighted by atomic mass is 10.0. The first-order chi connectivity index (χ1) is 12.6. The van der Waals surface area contributed by atoms with Gasteiger partial charge in [0.2, 0.25) is 11.8 Å². The number of carbonyl (C=O) groups is 2. The average molecular weight is 356 g/mol. The molecule has 1 aliphatic heterocycles. The molecule has 6 heteroatoms. The zero-order valence-electron chi connectivity index (χ0n) is 14.4. The molecule has 0 bridgehead atoms. The second-order valence-electron chi connectivity index (χ2n) is 6.15. The van der Waals surface area contributed by atoms with Crippen LogP contribution in [0.1, 0.15) is 17.2 Å². The Hall–Kier alpha value is -2.73.